The van der Waals surface area contributed by atoms with E-state index >= 15 is 4.79 Å². The van der Waals surface area contributed by atoms with Crippen LogP contribution in [0.2, 0.25) is 0 Å². The Morgan fingerprint density at radius 1 is 0.891 bits per heavy atom. The number of hydrogen-bond acceptors (Lipinski definition) is 8. The Hall–Kier alpha value is -3.15. The number of rotatable bonds is 14. The molecule has 4 aliphatic carbocycles. The minimum Gasteiger partial charge on any atom is -0.514 e. The zero-order valence-electron chi connectivity index (χ0n) is 34.7. The molecule has 308 valence electrons. The van der Waals surface area contributed by atoms with Crippen molar-refractivity contribution in [1.82, 2.24) is 31.1 Å². The molecule has 5 N–H and O–H groups in total. The third-order valence-corrected chi connectivity index (χ3v) is 15.1. The summed E-state index contributed by atoms with van der Waals surface area (Å²) >= 11 is 0. The second-order valence-corrected chi connectivity index (χ2v) is 19.8. The Labute approximate surface area is 329 Å². The number of Topliss-reactive ketones (excluding diaryl/α,β-unsaturated/α-hetero) is 1. The summed E-state index contributed by atoms with van der Waals surface area (Å²) in [6.45, 7) is 14.6. The van der Waals surface area contributed by atoms with E-state index in [2.05, 4.69) is 47.1 Å². The Bertz CT molecular complexity index is 1510. The molecule has 2 aliphatic heterocycles. The van der Waals surface area contributed by atoms with Crippen LogP contribution in [0.15, 0.2) is 12.0 Å². The second kappa shape index (κ2) is 16.0. The van der Waals surface area contributed by atoms with E-state index in [1.807, 2.05) is 27.7 Å². The van der Waals surface area contributed by atoms with Gasteiger partial charge in [-0.05, 0) is 100.0 Å². The van der Waals surface area contributed by atoms with Crippen LogP contribution in [-0.4, -0.2) is 101 Å². The average molecular weight is 767 g/mol. The van der Waals surface area contributed by atoms with E-state index in [0.29, 0.717) is 31.5 Å². The van der Waals surface area contributed by atoms with Crippen LogP contribution in [0.5, 0.6) is 0 Å². The van der Waals surface area contributed by atoms with E-state index in [4.69, 9.17) is 0 Å². The van der Waals surface area contributed by atoms with Gasteiger partial charge in [0.1, 0.15) is 18.1 Å². The predicted octanol–water partition coefficient (Wildman–Crippen LogP) is 4.73. The molecule has 0 aromatic heterocycles. The van der Waals surface area contributed by atoms with Crippen LogP contribution in [0.4, 0.5) is 0 Å². The van der Waals surface area contributed by atoms with Crippen molar-refractivity contribution >= 4 is 29.4 Å². The highest BCUT2D eigenvalue weighted by Crippen LogP contribution is 2.88. The maximum absolute atomic E-state index is 15.3. The molecule has 0 bridgehead atoms. The molecular formula is C43H70N6O6. The largest absolute Gasteiger partial charge is 0.514 e. The number of likely N-dealkylation sites (tertiary alicyclic amines) is 2. The number of hydrogen-bond donors (Lipinski definition) is 5. The van der Waals surface area contributed by atoms with E-state index in [9.17, 15) is 24.3 Å². The number of carbonyl (C=O) groups is 5. The minimum absolute atomic E-state index is 0.0215. The van der Waals surface area contributed by atoms with Crippen molar-refractivity contribution in [3.05, 3.63) is 12.0 Å². The number of piperidine rings is 1. The number of amides is 4. The molecule has 0 aromatic rings. The molecular weight excluding hydrogens is 697 g/mol. The molecule has 6 aliphatic rings. The van der Waals surface area contributed by atoms with Crippen molar-refractivity contribution in [2.45, 2.75) is 168 Å². The lowest BCUT2D eigenvalue weighted by Gasteiger charge is -2.39. The normalized spacial score (nSPS) is 29.5. The maximum atomic E-state index is 15.3. The summed E-state index contributed by atoms with van der Waals surface area (Å²) in [4.78, 5) is 74.6. The van der Waals surface area contributed by atoms with E-state index in [1.54, 1.807) is 4.90 Å². The van der Waals surface area contributed by atoms with Crippen molar-refractivity contribution in [2.24, 2.45) is 33.5 Å². The topological polar surface area (TPSA) is 160 Å². The van der Waals surface area contributed by atoms with E-state index in [0.717, 1.165) is 96.4 Å². The van der Waals surface area contributed by atoms with Gasteiger partial charge in [-0.1, -0.05) is 73.6 Å². The van der Waals surface area contributed by atoms with Gasteiger partial charge in [0.25, 0.3) is 5.91 Å². The highest BCUT2D eigenvalue weighted by Gasteiger charge is 2.85. The van der Waals surface area contributed by atoms with Gasteiger partial charge >= 0.3 is 0 Å². The Kier molecular flexibility index (Phi) is 12.1. The van der Waals surface area contributed by atoms with E-state index in [-0.39, 0.29) is 45.9 Å². The first-order chi connectivity index (χ1) is 26.0. The molecule has 12 nitrogen and oxygen atoms in total. The lowest BCUT2D eigenvalue weighted by molar-refractivity contribution is -0.145. The van der Waals surface area contributed by atoms with Gasteiger partial charge in [0.05, 0.1) is 18.0 Å². The number of aliphatic hydroxyl groups excluding tert-OH is 1. The van der Waals surface area contributed by atoms with Crippen molar-refractivity contribution < 1.29 is 29.1 Å². The quantitative estimate of drug-likeness (QED) is 0.125. The van der Waals surface area contributed by atoms with Crippen LogP contribution in [0.25, 0.3) is 0 Å². The van der Waals surface area contributed by atoms with Gasteiger partial charge in [-0.25, -0.2) is 0 Å². The number of fused-ring (bicyclic) bond motifs is 1. The minimum atomic E-state index is -0.972. The molecule has 2 heterocycles. The van der Waals surface area contributed by atoms with Gasteiger partial charge in [0.2, 0.25) is 23.5 Å². The van der Waals surface area contributed by atoms with Gasteiger partial charge in [0.15, 0.2) is 0 Å². The first-order valence-corrected chi connectivity index (χ1v) is 21.6. The van der Waals surface area contributed by atoms with E-state index < -0.39 is 47.2 Å². The molecule has 6 rings (SSSR count). The van der Waals surface area contributed by atoms with Crippen LogP contribution < -0.4 is 21.3 Å². The Balaban J connectivity index is 1.28. The molecule has 6 atom stereocenters. The monoisotopic (exact) mass is 767 g/mol. The van der Waals surface area contributed by atoms with Gasteiger partial charge < -0.3 is 36.2 Å². The van der Waals surface area contributed by atoms with Crippen LogP contribution in [0.1, 0.15) is 138 Å². The number of carbonyl (C=O) groups excluding carboxylic acids is 5. The van der Waals surface area contributed by atoms with Crippen LogP contribution in [0.3, 0.4) is 0 Å². The lowest BCUT2D eigenvalue weighted by Crippen LogP contribution is -2.61. The molecule has 6 fully saturated rings. The highest BCUT2D eigenvalue weighted by atomic mass is 16.2. The average Bonchev–Trinajstić information content (AvgIpc) is 3.95. The van der Waals surface area contributed by atoms with Crippen molar-refractivity contribution in [2.75, 3.05) is 26.7 Å². The number of ketones is 1. The second-order valence-electron chi connectivity index (χ2n) is 19.8. The van der Waals surface area contributed by atoms with Crippen molar-refractivity contribution in [1.29, 1.82) is 0 Å². The molecule has 2 saturated heterocycles. The molecule has 12 heteroatoms. The SMILES string of the molecule is CCC[C@H](NC(=O)[C@@H]1C[C@@]2(CN1C(=O)[C@@H](NC(=O)[C@@H](N/C(=C\O)[C@H]1CCCN(C)C1)C(C)(C)C)C1CCCCC1)C(C)(C)C21CCC1)C(=O)C(=O)NC1CC1. The molecule has 2 spiro atoms. The fourth-order valence-electron chi connectivity index (χ4n) is 11.3. The maximum Gasteiger partial charge on any atom is 0.289 e. The zero-order chi connectivity index (χ0) is 39.9. The van der Waals surface area contributed by atoms with Gasteiger partial charge in [-0.15, -0.1) is 0 Å². The number of nitrogens with zero attached hydrogens (tertiary/aromatic N) is 2. The lowest BCUT2D eigenvalue weighted by atomic mass is 9.73. The summed E-state index contributed by atoms with van der Waals surface area (Å²) in [6, 6.07) is -3.33. The first-order valence-electron chi connectivity index (χ1n) is 21.6. The van der Waals surface area contributed by atoms with Crippen molar-refractivity contribution in [3.63, 3.8) is 0 Å². The van der Waals surface area contributed by atoms with Gasteiger partial charge in [-0.2, -0.15) is 0 Å². The van der Waals surface area contributed by atoms with Gasteiger partial charge in [-0.3, -0.25) is 24.0 Å². The summed E-state index contributed by atoms with van der Waals surface area (Å²) in [6.07, 6.45) is 14.0. The standard InChI is InChI=1S/C43H70N6O6/c1-8-14-30(34(51)37(53)44-29-18-19-29)46-36(52)32-23-43(41(5,6)42(43)20-13-21-42)26-49(32)39(55)33(27-15-10-9-11-16-27)47-38(54)35(40(2,3)4)45-31(25-50)28-17-12-22-48(7)24-28/h25,27-30,32-33,35,45,50H,8-24,26H2,1-7H3,(H,44,53)(H,46,52)(H,47,54)/b31-25-/t28-,30-,32-,33-,35+,43+/m0/s1. The Morgan fingerprint density at radius 2 is 1.58 bits per heavy atom. The fourth-order valence-corrected chi connectivity index (χ4v) is 11.3. The molecule has 4 saturated carbocycles. The first kappa shape index (κ1) is 41.5. The summed E-state index contributed by atoms with van der Waals surface area (Å²) in [7, 11) is 2.06. The zero-order valence-corrected chi connectivity index (χ0v) is 34.7. The van der Waals surface area contributed by atoms with Gasteiger partial charge in [0, 0.05) is 30.5 Å². The number of aliphatic hydroxyl groups is 1. The Morgan fingerprint density at radius 3 is 2.13 bits per heavy atom. The smallest absolute Gasteiger partial charge is 0.289 e. The number of nitrogens with one attached hydrogen (secondary N) is 4. The van der Waals surface area contributed by atoms with E-state index in [1.165, 1.54) is 0 Å². The fraction of sp³-hybridized carbons (Fsp3) is 0.837. The molecule has 0 aromatic carbocycles. The summed E-state index contributed by atoms with van der Waals surface area (Å²) in [5.41, 5.74) is -0.181. The molecule has 0 unspecified atom stereocenters. The van der Waals surface area contributed by atoms with Crippen LogP contribution >= 0.6 is 0 Å². The van der Waals surface area contributed by atoms with Crippen LogP contribution in [0, 0.1) is 33.5 Å². The van der Waals surface area contributed by atoms with Crippen LogP contribution in [-0.2, 0) is 24.0 Å². The third-order valence-electron chi connectivity index (χ3n) is 15.1. The van der Waals surface area contributed by atoms with Crippen molar-refractivity contribution in [3.8, 4) is 0 Å². The molecule has 4 amide bonds. The summed E-state index contributed by atoms with van der Waals surface area (Å²) in [5, 5.41) is 22.8. The summed E-state index contributed by atoms with van der Waals surface area (Å²) in [5.74, 6) is -2.26. The molecule has 0 radical (unpaired) electrons. The summed E-state index contributed by atoms with van der Waals surface area (Å²) < 4.78 is 0. The highest BCUT2D eigenvalue weighted by molar-refractivity contribution is 6.38. The third kappa shape index (κ3) is 7.91. The predicted molar refractivity (Wildman–Crippen MR) is 211 cm³/mol. The molecule has 55 heavy (non-hydrogen) atoms.